The number of esters is 4. The van der Waals surface area contributed by atoms with Gasteiger partial charge in [-0.1, -0.05) is 83.8 Å². The standard InChI is InChI=1S/C33H31NO9S3/c1-17-12-11-15-19-21-27(32(2,3)34(23(17)19)20(35)16-18-13-9-8-10-14-18)44-24(29(37)41-5)22(28(36)40-4)33(21)45-25(30(38)42-6)26(46-33)31(39)43-7/h8-15H,16H2,1-7H3. The van der Waals surface area contributed by atoms with Gasteiger partial charge in [0.05, 0.1) is 51.7 Å². The molecule has 10 nitrogen and oxygen atoms in total. The Morgan fingerprint density at radius 1 is 0.717 bits per heavy atom. The van der Waals surface area contributed by atoms with Gasteiger partial charge in [-0.05, 0) is 31.9 Å². The van der Waals surface area contributed by atoms with Gasteiger partial charge in [0.25, 0.3) is 0 Å². The molecule has 0 radical (unpaired) electrons. The molecule has 2 aromatic rings. The lowest BCUT2D eigenvalue weighted by molar-refractivity contribution is -0.138. The predicted molar refractivity (Wildman–Crippen MR) is 177 cm³/mol. The van der Waals surface area contributed by atoms with Crippen LogP contribution in [0.5, 0.6) is 0 Å². The molecule has 1 spiro atoms. The number of hydrogen-bond acceptors (Lipinski definition) is 12. The quantitative estimate of drug-likeness (QED) is 0.296. The van der Waals surface area contributed by atoms with E-state index in [0.717, 1.165) is 46.4 Å². The third-order valence-corrected chi connectivity index (χ3v) is 12.5. The largest absolute Gasteiger partial charge is 0.466 e. The predicted octanol–water partition coefficient (Wildman–Crippen LogP) is 5.15. The van der Waals surface area contributed by atoms with Gasteiger partial charge in [-0.15, -0.1) is 0 Å². The first-order valence-corrected chi connectivity index (χ1v) is 16.4. The minimum atomic E-state index is -1.63. The molecule has 0 bridgehead atoms. The molecule has 240 valence electrons. The Hall–Kier alpha value is -3.94. The number of para-hydroxylation sites is 1. The normalized spacial score (nSPS) is 17.8. The molecular formula is C33H31NO9S3. The van der Waals surface area contributed by atoms with Gasteiger partial charge in [0.1, 0.15) is 18.8 Å². The van der Waals surface area contributed by atoms with Crippen LogP contribution in [0.25, 0.3) is 5.57 Å². The second-order valence-corrected chi connectivity index (χ2v) is 14.6. The van der Waals surface area contributed by atoms with Gasteiger partial charge < -0.3 is 23.8 Å². The van der Waals surface area contributed by atoms with E-state index in [1.807, 2.05) is 69.3 Å². The van der Waals surface area contributed by atoms with Crippen LogP contribution in [0.15, 0.2) is 73.7 Å². The molecule has 0 saturated heterocycles. The summed E-state index contributed by atoms with van der Waals surface area (Å²) < 4.78 is 18.8. The molecule has 0 unspecified atom stereocenters. The van der Waals surface area contributed by atoms with Crippen LogP contribution in [0.2, 0.25) is 0 Å². The molecule has 1 amide bonds. The van der Waals surface area contributed by atoms with Crippen molar-refractivity contribution in [2.45, 2.75) is 36.8 Å². The van der Waals surface area contributed by atoms with Crippen LogP contribution in [0.1, 0.15) is 30.5 Å². The molecule has 2 aromatic carbocycles. The average molecular weight is 682 g/mol. The van der Waals surface area contributed by atoms with E-state index < -0.39 is 33.5 Å². The van der Waals surface area contributed by atoms with Crippen molar-refractivity contribution < 1.29 is 42.9 Å². The number of carbonyl (C=O) groups is 5. The summed E-state index contributed by atoms with van der Waals surface area (Å²) in [6.45, 7) is 5.61. The smallest absolute Gasteiger partial charge is 0.345 e. The first-order valence-electron chi connectivity index (χ1n) is 14.0. The third-order valence-electron chi connectivity index (χ3n) is 7.81. The Labute approximate surface area is 278 Å². The van der Waals surface area contributed by atoms with Crippen LogP contribution in [0.3, 0.4) is 0 Å². The fourth-order valence-electron chi connectivity index (χ4n) is 5.81. The molecule has 3 aliphatic rings. The number of fused-ring (bicyclic) bond motifs is 3. The van der Waals surface area contributed by atoms with Gasteiger partial charge in [-0.2, -0.15) is 0 Å². The van der Waals surface area contributed by atoms with Crippen LogP contribution in [-0.4, -0.2) is 67.8 Å². The van der Waals surface area contributed by atoms with Gasteiger partial charge in [0, 0.05) is 16.0 Å². The van der Waals surface area contributed by atoms with Crippen LogP contribution in [0, 0.1) is 6.92 Å². The molecule has 0 fully saturated rings. The molecule has 46 heavy (non-hydrogen) atoms. The molecule has 0 aromatic heterocycles. The number of carbonyl (C=O) groups excluding carboxylic acids is 5. The van der Waals surface area contributed by atoms with E-state index in [1.165, 1.54) is 28.4 Å². The van der Waals surface area contributed by atoms with Gasteiger partial charge in [0.2, 0.25) is 5.91 Å². The van der Waals surface area contributed by atoms with Gasteiger partial charge >= 0.3 is 23.9 Å². The fourth-order valence-corrected chi connectivity index (χ4v) is 10.9. The summed E-state index contributed by atoms with van der Waals surface area (Å²) in [6, 6.07) is 14.9. The lowest BCUT2D eigenvalue weighted by Gasteiger charge is -2.51. The van der Waals surface area contributed by atoms with Crippen molar-refractivity contribution in [2.24, 2.45) is 0 Å². The number of rotatable bonds is 6. The first-order chi connectivity index (χ1) is 21.9. The molecule has 3 heterocycles. The highest BCUT2D eigenvalue weighted by atomic mass is 32.2. The first kappa shape index (κ1) is 33.4. The van der Waals surface area contributed by atoms with E-state index in [9.17, 15) is 24.0 Å². The minimum Gasteiger partial charge on any atom is -0.466 e. The summed E-state index contributed by atoms with van der Waals surface area (Å²) in [5.74, 6) is -3.51. The van der Waals surface area contributed by atoms with Crippen LogP contribution >= 0.6 is 35.3 Å². The molecular weight excluding hydrogens is 651 g/mol. The van der Waals surface area contributed by atoms with Crippen molar-refractivity contribution in [3.8, 4) is 0 Å². The number of hydrogen-bond donors (Lipinski definition) is 0. The van der Waals surface area contributed by atoms with E-state index in [0.29, 0.717) is 21.7 Å². The molecule has 3 aliphatic heterocycles. The average Bonchev–Trinajstić information content (AvgIpc) is 3.44. The SMILES string of the molecule is COC(=O)C1=C(C(=O)OC)SC2(S1)C(C(=O)OC)=C(C(=O)OC)SC1=C2c2cccc(C)c2N(C(=O)Cc2ccccc2)C1(C)C. The Kier molecular flexibility index (Phi) is 9.22. The lowest BCUT2D eigenvalue weighted by atomic mass is 9.82. The topological polar surface area (TPSA) is 126 Å². The molecule has 13 heteroatoms. The number of anilines is 1. The monoisotopic (exact) mass is 681 g/mol. The molecule has 0 atom stereocenters. The minimum absolute atomic E-state index is 0.0944. The van der Waals surface area contributed by atoms with Crippen LogP contribution in [0.4, 0.5) is 5.69 Å². The highest BCUT2D eigenvalue weighted by Crippen LogP contribution is 2.71. The van der Waals surface area contributed by atoms with Crippen LogP contribution < -0.4 is 4.90 Å². The van der Waals surface area contributed by atoms with Crippen molar-refractivity contribution >= 4 is 76.3 Å². The maximum atomic E-state index is 14.3. The van der Waals surface area contributed by atoms with E-state index in [-0.39, 0.29) is 32.6 Å². The van der Waals surface area contributed by atoms with Crippen molar-refractivity contribution in [1.82, 2.24) is 0 Å². The van der Waals surface area contributed by atoms with Crippen molar-refractivity contribution in [2.75, 3.05) is 33.3 Å². The number of nitrogens with zero attached hydrogens (tertiary/aromatic N) is 1. The second-order valence-electron chi connectivity index (χ2n) is 10.9. The molecule has 0 saturated carbocycles. The van der Waals surface area contributed by atoms with Gasteiger partial charge in [0.15, 0.2) is 0 Å². The number of methoxy groups -OCH3 is 4. The van der Waals surface area contributed by atoms with Crippen LogP contribution in [-0.2, 0) is 49.3 Å². The summed E-state index contributed by atoms with van der Waals surface area (Å²) in [4.78, 5) is 69.9. The second kappa shape index (κ2) is 12.7. The van der Waals surface area contributed by atoms with E-state index in [1.54, 1.807) is 4.90 Å². The lowest BCUT2D eigenvalue weighted by Crippen LogP contribution is -2.54. The number of ether oxygens (including phenoxy) is 4. The molecule has 5 rings (SSSR count). The maximum Gasteiger partial charge on any atom is 0.345 e. The highest BCUT2D eigenvalue weighted by molar-refractivity contribution is 8.26. The zero-order valence-corrected chi connectivity index (χ0v) is 28.6. The van der Waals surface area contributed by atoms with Gasteiger partial charge in [-0.25, -0.2) is 19.2 Å². The summed E-state index contributed by atoms with van der Waals surface area (Å²) in [5, 5.41) is 0. The van der Waals surface area contributed by atoms with Crippen molar-refractivity contribution in [3.05, 3.63) is 90.4 Å². The van der Waals surface area contributed by atoms with E-state index >= 15 is 0 Å². The maximum absolute atomic E-state index is 14.3. The zero-order valence-electron chi connectivity index (χ0n) is 26.2. The third kappa shape index (κ3) is 5.23. The molecule has 0 aliphatic carbocycles. The summed E-state index contributed by atoms with van der Waals surface area (Å²) in [7, 11) is 4.73. The van der Waals surface area contributed by atoms with Crippen molar-refractivity contribution in [3.63, 3.8) is 0 Å². The Morgan fingerprint density at radius 2 is 1.26 bits per heavy atom. The highest BCUT2D eigenvalue weighted by Gasteiger charge is 2.61. The van der Waals surface area contributed by atoms with Gasteiger partial charge in [-0.3, -0.25) is 4.79 Å². The number of aryl methyl sites for hydroxylation is 1. The summed E-state index contributed by atoms with van der Waals surface area (Å²) in [6.07, 6.45) is 0.105. The Bertz CT molecular complexity index is 1750. The molecule has 0 N–H and O–H groups in total. The number of benzene rings is 2. The summed E-state index contributed by atoms with van der Waals surface area (Å²) >= 11 is 2.80. The van der Waals surface area contributed by atoms with E-state index in [4.69, 9.17) is 18.9 Å². The number of amides is 1. The zero-order chi connectivity index (χ0) is 33.6. The van der Waals surface area contributed by atoms with E-state index in [2.05, 4.69) is 0 Å². The fraction of sp³-hybridized carbons (Fsp3) is 0.303. The van der Waals surface area contributed by atoms with Crippen molar-refractivity contribution in [1.29, 1.82) is 0 Å². The number of thioether (sulfide) groups is 3. The Balaban J connectivity index is 1.85. The summed E-state index contributed by atoms with van der Waals surface area (Å²) in [5.41, 5.74) is 2.11. The Morgan fingerprint density at radius 3 is 1.80 bits per heavy atom.